The van der Waals surface area contributed by atoms with Crippen molar-refractivity contribution in [2.24, 2.45) is 5.10 Å². The minimum Gasteiger partial charge on any atom is -0.395 e. The van der Waals surface area contributed by atoms with Crippen LogP contribution in [-0.2, 0) is 4.79 Å². The van der Waals surface area contributed by atoms with E-state index >= 15 is 0 Å². The zero-order valence-electron chi connectivity index (χ0n) is 14.6. The van der Waals surface area contributed by atoms with Crippen LogP contribution in [0.5, 0.6) is 0 Å². The minimum absolute atomic E-state index is 0.113. The summed E-state index contributed by atoms with van der Waals surface area (Å²) in [6.07, 6.45) is 1.60. The van der Waals surface area contributed by atoms with E-state index in [0.29, 0.717) is 6.54 Å². The van der Waals surface area contributed by atoms with Crippen molar-refractivity contribution in [3.05, 3.63) is 59.7 Å². The molecule has 0 aliphatic carbocycles. The van der Waals surface area contributed by atoms with Gasteiger partial charge in [-0.2, -0.15) is 5.10 Å². The molecule has 0 atom stereocenters. The summed E-state index contributed by atoms with van der Waals surface area (Å²) >= 11 is 0. The molecule has 0 aromatic heterocycles. The zero-order valence-corrected chi connectivity index (χ0v) is 14.6. The van der Waals surface area contributed by atoms with E-state index in [4.69, 9.17) is 5.11 Å². The highest BCUT2D eigenvalue weighted by Crippen LogP contribution is 2.12. The Morgan fingerprint density at radius 3 is 2.48 bits per heavy atom. The van der Waals surface area contributed by atoms with Crippen molar-refractivity contribution in [1.29, 1.82) is 0 Å². The Kier molecular flexibility index (Phi) is 6.98. The Labute approximate surface area is 148 Å². The molecule has 1 amide bonds. The topological polar surface area (TPSA) is 77.0 Å². The van der Waals surface area contributed by atoms with Crippen LogP contribution in [0.1, 0.15) is 11.1 Å². The van der Waals surface area contributed by atoms with Gasteiger partial charge in [0.25, 0.3) is 5.91 Å². The first-order valence-corrected chi connectivity index (χ1v) is 8.13. The molecule has 0 aliphatic heterocycles. The molecule has 132 valence electrons. The second-order valence-corrected chi connectivity index (χ2v) is 5.75. The number of nitrogens with one attached hydrogen (secondary N) is 2. The molecule has 2 rings (SSSR count). The van der Waals surface area contributed by atoms with Gasteiger partial charge in [-0.3, -0.25) is 4.79 Å². The summed E-state index contributed by atoms with van der Waals surface area (Å²) in [5.41, 5.74) is 6.46. The van der Waals surface area contributed by atoms with Crippen LogP contribution in [-0.4, -0.2) is 44.0 Å². The Hall–Kier alpha value is -2.86. The van der Waals surface area contributed by atoms with Crippen LogP contribution in [0.3, 0.4) is 0 Å². The van der Waals surface area contributed by atoms with Gasteiger partial charge in [-0.1, -0.05) is 29.8 Å². The third kappa shape index (κ3) is 6.27. The molecule has 2 aromatic rings. The Bertz CT molecular complexity index is 696. The molecule has 0 heterocycles. The predicted octanol–water partition coefficient (Wildman–Crippen LogP) is 1.99. The van der Waals surface area contributed by atoms with Gasteiger partial charge in [0.05, 0.1) is 19.4 Å². The molecule has 3 N–H and O–H groups in total. The second-order valence-electron chi connectivity index (χ2n) is 5.75. The van der Waals surface area contributed by atoms with E-state index in [2.05, 4.69) is 15.8 Å². The average molecular weight is 340 g/mol. The lowest BCUT2D eigenvalue weighted by Crippen LogP contribution is -2.25. The SMILES string of the molecule is Cc1ccc(NCC(=O)N/N=C/c2ccc(N(C)CCO)cc2)cc1. The number of hydrogen-bond acceptors (Lipinski definition) is 5. The monoisotopic (exact) mass is 340 g/mol. The lowest BCUT2D eigenvalue weighted by molar-refractivity contribution is -0.119. The van der Waals surface area contributed by atoms with E-state index < -0.39 is 0 Å². The van der Waals surface area contributed by atoms with Gasteiger partial charge in [0.2, 0.25) is 0 Å². The summed E-state index contributed by atoms with van der Waals surface area (Å²) in [6.45, 7) is 2.87. The van der Waals surface area contributed by atoms with Crippen LogP contribution in [0.4, 0.5) is 11.4 Å². The van der Waals surface area contributed by atoms with Crippen LogP contribution in [0.2, 0.25) is 0 Å². The first-order valence-electron chi connectivity index (χ1n) is 8.13. The van der Waals surface area contributed by atoms with Gasteiger partial charge in [-0.05, 0) is 36.8 Å². The number of benzene rings is 2. The lowest BCUT2D eigenvalue weighted by Gasteiger charge is -2.17. The maximum Gasteiger partial charge on any atom is 0.259 e. The van der Waals surface area contributed by atoms with E-state index in [1.807, 2.05) is 67.4 Å². The number of hydrogen-bond donors (Lipinski definition) is 3. The van der Waals surface area contributed by atoms with Crippen molar-refractivity contribution in [1.82, 2.24) is 5.43 Å². The standard InChI is InChI=1S/C19H24N4O2/c1-15-3-7-17(8-4-15)20-14-19(25)22-21-13-16-5-9-18(10-6-16)23(2)11-12-24/h3-10,13,20,24H,11-12,14H2,1-2H3,(H,22,25)/b21-13+. The molecule has 0 saturated heterocycles. The molecule has 0 saturated carbocycles. The molecule has 0 spiro atoms. The van der Waals surface area contributed by atoms with Crippen molar-refractivity contribution in [2.45, 2.75) is 6.92 Å². The number of likely N-dealkylation sites (N-methyl/N-ethyl adjacent to an activating group) is 1. The van der Waals surface area contributed by atoms with Crippen LogP contribution < -0.4 is 15.6 Å². The molecule has 6 nitrogen and oxygen atoms in total. The number of amides is 1. The summed E-state index contributed by atoms with van der Waals surface area (Å²) < 4.78 is 0. The van der Waals surface area contributed by atoms with Gasteiger partial charge < -0.3 is 15.3 Å². The summed E-state index contributed by atoms with van der Waals surface area (Å²) in [5.74, 6) is -0.212. The fourth-order valence-electron chi connectivity index (χ4n) is 2.17. The summed E-state index contributed by atoms with van der Waals surface area (Å²) in [5, 5.41) is 15.9. The third-order valence-electron chi connectivity index (χ3n) is 3.68. The maximum absolute atomic E-state index is 11.8. The Balaban J connectivity index is 1.77. The number of aryl methyl sites for hydroxylation is 1. The maximum atomic E-state index is 11.8. The number of nitrogens with zero attached hydrogens (tertiary/aromatic N) is 2. The highest BCUT2D eigenvalue weighted by atomic mass is 16.3. The average Bonchev–Trinajstić information content (AvgIpc) is 2.62. The van der Waals surface area contributed by atoms with Gasteiger partial charge >= 0.3 is 0 Å². The first kappa shape index (κ1) is 18.5. The molecular formula is C19H24N4O2. The highest BCUT2D eigenvalue weighted by Gasteiger charge is 2.00. The van der Waals surface area contributed by atoms with Crippen molar-refractivity contribution in [2.75, 3.05) is 37.0 Å². The van der Waals surface area contributed by atoms with Crippen LogP contribution >= 0.6 is 0 Å². The number of aliphatic hydroxyl groups excluding tert-OH is 1. The number of carbonyl (C=O) groups is 1. The van der Waals surface area contributed by atoms with Crippen LogP contribution in [0.15, 0.2) is 53.6 Å². The van der Waals surface area contributed by atoms with E-state index in [9.17, 15) is 4.79 Å². The predicted molar refractivity (Wildman–Crippen MR) is 102 cm³/mol. The highest BCUT2D eigenvalue weighted by molar-refractivity contribution is 5.84. The lowest BCUT2D eigenvalue weighted by atomic mass is 10.2. The van der Waals surface area contributed by atoms with Gasteiger partial charge in [0.1, 0.15) is 0 Å². The smallest absolute Gasteiger partial charge is 0.259 e. The van der Waals surface area contributed by atoms with Gasteiger partial charge in [0.15, 0.2) is 0 Å². The van der Waals surface area contributed by atoms with E-state index in [-0.39, 0.29) is 19.1 Å². The van der Waals surface area contributed by atoms with Gasteiger partial charge in [-0.15, -0.1) is 0 Å². The van der Waals surface area contributed by atoms with Crippen LogP contribution in [0, 0.1) is 6.92 Å². The molecule has 2 aromatic carbocycles. The van der Waals surface area contributed by atoms with E-state index in [0.717, 1.165) is 16.9 Å². The Morgan fingerprint density at radius 2 is 1.84 bits per heavy atom. The number of carbonyl (C=O) groups excluding carboxylic acids is 1. The van der Waals surface area contributed by atoms with Crippen LogP contribution in [0.25, 0.3) is 0 Å². The third-order valence-corrected chi connectivity index (χ3v) is 3.68. The number of anilines is 2. The molecule has 6 heteroatoms. The zero-order chi connectivity index (χ0) is 18.1. The second kappa shape index (κ2) is 9.44. The summed E-state index contributed by atoms with van der Waals surface area (Å²) in [7, 11) is 1.92. The normalized spacial score (nSPS) is 10.7. The summed E-state index contributed by atoms with van der Waals surface area (Å²) in [6, 6.07) is 15.5. The van der Waals surface area contributed by atoms with E-state index in [1.54, 1.807) is 6.21 Å². The van der Waals surface area contributed by atoms with Gasteiger partial charge in [-0.25, -0.2) is 5.43 Å². The molecule has 0 bridgehead atoms. The molecule has 0 radical (unpaired) electrons. The quantitative estimate of drug-likeness (QED) is 0.507. The molecule has 0 fully saturated rings. The van der Waals surface area contributed by atoms with Gasteiger partial charge in [0, 0.05) is 25.0 Å². The van der Waals surface area contributed by atoms with E-state index in [1.165, 1.54) is 5.56 Å². The largest absolute Gasteiger partial charge is 0.395 e. The Morgan fingerprint density at radius 1 is 1.16 bits per heavy atom. The van der Waals surface area contributed by atoms with Crippen molar-refractivity contribution in [3.63, 3.8) is 0 Å². The van der Waals surface area contributed by atoms with Crippen molar-refractivity contribution < 1.29 is 9.90 Å². The molecule has 0 aliphatic rings. The fourth-order valence-corrected chi connectivity index (χ4v) is 2.17. The first-order chi connectivity index (χ1) is 12.1. The molecule has 0 unspecified atom stereocenters. The van der Waals surface area contributed by atoms with Crippen molar-refractivity contribution >= 4 is 23.5 Å². The number of rotatable bonds is 8. The minimum atomic E-state index is -0.212. The fraction of sp³-hybridized carbons (Fsp3) is 0.263. The summed E-state index contributed by atoms with van der Waals surface area (Å²) in [4.78, 5) is 13.7. The van der Waals surface area contributed by atoms with Crippen molar-refractivity contribution in [3.8, 4) is 0 Å². The number of aliphatic hydroxyl groups is 1. The number of hydrazone groups is 1. The molecular weight excluding hydrogens is 316 g/mol. The molecule has 25 heavy (non-hydrogen) atoms.